The molecule has 0 fully saturated rings. The summed E-state index contributed by atoms with van der Waals surface area (Å²) in [7, 11) is -4.07. The van der Waals surface area contributed by atoms with Crippen molar-refractivity contribution in [3.8, 4) is 0 Å². The number of nitrogens with one attached hydrogen (secondary N) is 3. The molecule has 0 unspecified atom stereocenters. The lowest BCUT2D eigenvalue weighted by atomic mass is 9.84. The van der Waals surface area contributed by atoms with E-state index in [1.807, 2.05) is 0 Å². The first-order valence-corrected chi connectivity index (χ1v) is 14.1. The summed E-state index contributed by atoms with van der Waals surface area (Å²) in [5.41, 5.74) is 2.24. The van der Waals surface area contributed by atoms with Crippen LogP contribution in [0.3, 0.4) is 0 Å². The molecule has 0 aliphatic heterocycles. The Morgan fingerprint density at radius 3 is 1.80 bits per heavy atom. The van der Waals surface area contributed by atoms with E-state index < -0.39 is 15.9 Å². The molecule has 2 aromatic rings. The van der Waals surface area contributed by atoms with Gasteiger partial charge in [0.25, 0.3) is 10.1 Å². The van der Waals surface area contributed by atoms with Crippen molar-refractivity contribution in [2.24, 2.45) is 0 Å². The second-order valence-corrected chi connectivity index (χ2v) is 11.2. The third kappa shape index (κ3) is 9.01. The van der Waals surface area contributed by atoms with Crippen LogP contribution < -0.4 is 16.0 Å². The summed E-state index contributed by atoms with van der Waals surface area (Å²) >= 11 is 0. The van der Waals surface area contributed by atoms with Crippen LogP contribution in [0.2, 0.25) is 0 Å². The Morgan fingerprint density at radius 2 is 1.31 bits per heavy atom. The van der Waals surface area contributed by atoms with E-state index in [9.17, 15) is 8.42 Å². The lowest BCUT2D eigenvalue weighted by molar-refractivity contribution is 0.329. The minimum Gasteiger partial charge on any atom is -0.353 e. The summed E-state index contributed by atoms with van der Waals surface area (Å²) in [6.07, 6.45) is 3.87. The van der Waals surface area contributed by atoms with Crippen molar-refractivity contribution in [3.63, 3.8) is 0 Å². The Balaban J connectivity index is 2.12. The van der Waals surface area contributed by atoms with Crippen LogP contribution in [0.5, 0.6) is 0 Å². The molecule has 0 saturated heterocycles. The molecule has 1 aromatic heterocycles. The van der Waals surface area contributed by atoms with Crippen LogP contribution in [0.4, 0.5) is 11.9 Å². The van der Waals surface area contributed by atoms with Gasteiger partial charge in [0.05, 0.1) is 5.75 Å². The summed E-state index contributed by atoms with van der Waals surface area (Å²) < 4.78 is 31.1. The Bertz CT molecular complexity index is 1040. The summed E-state index contributed by atoms with van der Waals surface area (Å²) in [4.78, 5) is 13.6. The van der Waals surface area contributed by atoms with Gasteiger partial charge in [0.2, 0.25) is 11.9 Å². The van der Waals surface area contributed by atoms with E-state index >= 15 is 0 Å². The summed E-state index contributed by atoms with van der Waals surface area (Å²) in [6.45, 7) is 14.3. The number of rotatable bonds is 15. The quantitative estimate of drug-likeness (QED) is 0.257. The van der Waals surface area contributed by atoms with Gasteiger partial charge in [-0.15, -0.1) is 0 Å². The minimum absolute atomic E-state index is 0.00129. The molecule has 10 heteroatoms. The van der Waals surface area contributed by atoms with E-state index in [-0.39, 0.29) is 23.4 Å². The molecule has 9 nitrogen and oxygen atoms in total. The average Bonchev–Trinajstić information content (AvgIpc) is 2.85. The van der Waals surface area contributed by atoms with Gasteiger partial charge in [0.15, 0.2) is 0 Å². The van der Waals surface area contributed by atoms with Gasteiger partial charge in [0, 0.05) is 30.6 Å². The lowest BCUT2D eigenvalue weighted by Crippen LogP contribution is -2.40. The van der Waals surface area contributed by atoms with E-state index in [4.69, 9.17) is 4.55 Å². The molecule has 0 aliphatic carbocycles. The number of anilines is 2. The molecular weight excluding hydrogens is 464 g/mol. The zero-order valence-corrected chi connectivity index (χ0v) is 22.8. The number of aromatic nitrogens is 3. The Hall–Kier alpha value is -2.30. The molecule has 35 heavy (non-hydrogen) atoms. The predicted molar refractivity (Wildman–Crippen MR) is 142 cm³/mol. The smallest absolute Gasteiger partial charge is 0.266 e. The first-order valence-electron chi connectivity index (χ1n) is 12.5. The fraction of sp³-hybridized carbons (Fsp3) is 0.640. The highest BCUT2D eigenvalue weighted by atomic mass is 32.2. The van der Waals surface area contributed by atoms with Crippen LogP contribution in [0.25, 0.3) is 0 Å². The molecule has 0 radical (unpaired) electrons. The van der Waals surface area contributed by atoms with E-state index in [0.717, 1.165) is 37.8 Å². The summed E-state index contributed by atoms with van der Waals surface area (Å²) in [5.74, 6) is 0.924. The standard InChI is InChI=1S/C25H42N6O3S/c1-7-24(5,8-2)21-29-22(26-15-16-35(32,33)34)31-23(30-21)27-17-19-11-13-20(14-12-19)18-28-25(6,9-3)10-4/h11-14,28H,7-10,15-18H2,1-6H3,(H,32,33,34)(H2,26,27,29,30,31). The van der Waals surface area contributed by atoms with Crippen molar-refractivity contribution < 1.29 is 13.0 Å². The topological polar surface area (TPSA) is 129 Å². The highest BCUT2D eigenvalue weighted by Gasteiger charge is 2.27. The molecule has 2 rings (SSSR count). The Labute approximate surface area is 210 Å². The maximum Gasteiger partial charge on any atom is 0.266 e. The van der Waals surface area contributed by atoms with Gasteiger partial charge in [0.1, 0.15) is 5.82 Å². The van der Waals surface area contributed by atoms with Gasteiger partial charge in [-0.1, -0.05) is 58.9 Å². The van der Waals surface area contributed by atoms with Crippen molar-refractivity contribution in [3.05, 3.63) is 41.2 Å². The van der Waals surface area contributed by atoms with Crippen LogP contribution in [0, 0.1) is 0 Å². The summed E-state index contributed by atoms with van der Waals surface area (Å²) in [6, 6.07) is 8.44. The molecule has 4 N–H and O–H groups in total. The number of hydrogen-bond donors (Lipinski definition) is 4. The zero-order valence-electron chi connectivity index (χ0n) is 22.0. The third-order valence-corrected chi connectivity index (χ3v) is 7.85. The molecule has 0 saturated carbocycles. The van der Waals surface area contributed by atoms with Crippen LogP contribution in [-0.2, 0) is 28.6 Å². The maximum absolute atomic E-state index is 11.1. The second kappa shape index (κ2) is 12.6. The van der Waals surface area contributed by atoms with Crippen molar-refractivity contribution in [2.45, 2.75) is 91.3 Å². The van der Waals surface area contributed by atoms with Crippen LogP contribution in [0.1, 0.15) is 84.2 Å². The van der Waals surface area contributed by atoms with Crippen LogP contribution >= 0.6 is 0 Å². The van der Waals surface area contributed by atoms with Gasteiger partial charge in [-0.2, -0.15) is 23.4 Å². The number of nitrogens with zero attached hydrogens (tertiary/aromatic N) is 3. The van der Waals surface area contributed by atoms with Crippen molar-refractivity contribution in [1.82, 2.24) is 20.3 Å². The molecule has 196 valence electrons. The fourth-order valence-corrected chi connectivity index (χ4v) is 3.79. The third-order valence-electron chi connectivity index (χ3n) is 7.13. The second-order valence-electron chi connectivity index (χ2n) is 9.58. The maximum atomic E-state index is 11.1. The average molecular weight is 507 g/mol. The first-order chi connectivity index (χ1) is 16.5. The largest absolute Gasteiger partial charge is 0.353 e. The molecular formula is C25H42N6O3S. The summed E-state index contributed by atoms with van der Waals surface area (Å²) in [5, 5.41) is 9.82. The van der Waals surface area contributed by atoms with E-state index in [0.29, 0.717) is 18.3 Å². The molecule has 0 atom stereocenters. The van der Waals surface area contributed by atoms with E-state index in [1.165, 1.54) is 5.56 Å². The highest BCUT2D eigenvalue weighted by molar-refractivity contribution is 7.85. The van der Waals surface area contributed by atoms with Crippen molar-refractivity contribution in [1.29, 1.82) is 0 Å². The Morgan fingerprint density at radius 1 is 0.800 bits per heavy atom. The SMILES string of the molecule is CCC(C)(CC)NCc1ccc(CNc2nc(NCCS(=O)(=O)O)nc(C(C)(CC)CC)n2)cc1. The molecule has 0 amide bonds. The van der Waals surface area contributed by atoms with Gasteiger partial charge in [-0.3, -0.25) is 4.55 Å². The normalized spacial score (nSPS) is 12.5. The van der Waals surface area contributed by atoms with E-state index in [2.05, 4.69) is 96.7 Å². The minimum atomic E-state index is -4.07. The van der Waals surface area contributed by atoms with Crippen LogP contribution in [0.15, 0.2) is 24.3 Å². The molecule has 0 spiro atoms. The molecule has 0 aliphatic rings. The fourth-order valence-electron chi connectivity index (χ4n) is 3.43. The van der Waals surface area contributed by atoms with Crippen molar-refractivity contribution >= 4 is 22.0 Å². The number of benzene rings is 1. The predicted octanol–water partition coefficient (Wildman–Crippen LogP) is 4.53. The van der Waals surface area contributed by atoms with Gasteiger partial charge in [-0.25, -0.2) is 0 Å². The number of hydrogen-bond acceptors (Lipinski definition) is 8. The van der Waals surface area contributed by atoms with Crippen LogP contribution in [-0.4, -0.2) is 45.8 Å². The van der Waals surface area contributed by atoms with Gasteiger partial charge < -0.3 is 16.0 Å². The highest BCUT2D eigenvalue weighted by Crippen LogP contribution is 2.29. The molecule has 0 bridgehead atoms. The molecule has 1 aromatic carbocycles. The monoisotopic (exact) mass is 506 g/mol. The van der Waals surface area contributed by atoms with Crippen molar-refractivity contribution in [2.75, 3.05) is 22.9 Å². The van der Waals surface area contributed by atoms with Gasteiger partial charge >= 0.3 is 0 Å². The van der Waals surface area contributed by atoms with E-state index in [1.54, 1.807) is 0 Å². The molecule has 1 heterocycles. The first kappa shape index (κ1) is 28.9. The Kier molecular flexibility index (Phi) is 10.4. The lowest BCUT2D eigenvalue weighted by Gasteiger charge is -2.28. The van der Waals surface area contributed by atoms with Gasteiger partial charge in [-0.05, 0) is 43.7 Å². The zero-order chi connectivity index (χ0) is 26.1.